The third-order valence-corrected chi connectivity index (χ3v) is 8.54. The molecule has 0 aromatic heterocycles. The van der Waals surface area contributed by atoms with Crippen LogP contribution in [0, 0.1) is 5.92 Å². The Morgan fingerprint density at radius 1 is 0.608 bits per heavy atom. The summed E-state index contributed by atoms with van der Waals surface area (Å²) in [7, 11) is 0. The van der Waals surface area contributed by atoms with Crippen molar-refractivity contribution in [3.05, 3.63) is 72.9 Å². The van der Waals surface area contributed by atoms with Crippen LogP contribution >= 0.6 is 0 Å². The van der Waals surface area contributed by atoms with Gasteiger partial charge in [0, 0.05) is 12.8 Å². The fourth-order valence-corrected chi connectivity index (χ4v) is 5.44. The van der Waals surface area contributed by atoms with Crippen molar-refractivity contribution < 1.29 is 29.3 Å². The number of allylic oxidation sites excluding steroid dienone is 10. The number of esters is 2. The van der Waals surface area contributed by atoms with Crippen molar-refractivity contribution in [3.63, 3.8) is 0 Å². The van der Waals surface area contributed by atoms with Crippen molar-refractivity contribution in [3.8, 4) is 0 Å². The van der Waals surface area contributed by atoms with Crippen molar-refractivity contribution in [1.82, 2.24) is 0 Å². The third kappa shape index (κ3) is 38.4. The van der Waals surface area contributed by atoms with E-state index in [0.29, 0.717) is 19.3 Å². The topological polar surface area (TPSA) is 93.1 Å². The highest BCUT2D eigenvalue weighted by atomic mass is 16.6. The Morgan fingerprint density at radius 2 is 1.14 bits per heavy atom. The lowest BCUT2D eigenvalue weighted by atomic mass is 10.0. The Morgan fingerprint density at radius 3 is 1.69 bits per heavy atom. The highest BCUT2D eigenvalue weighted by Crippen LogP contribution is 2.15. The fraction of sp³-hybridized carbons (Fsp3) is 0.689. The number of unbranched alkanes of at least 4 members (excludes halogenated alkanes) is 13. The zero-order chi connectivity index (χ0) is 37.5. The predicted octanol–water partition coefficient (Wildman–Crippen LogP) is 11.8. The number of aliphatic hydroxyl groups is 2. The Kier molecular flexibility index (Phi) is 36.5. The van der Waals surface area contributed by atoms with Crippen LogP contribution in [-0.4, -0.2) is 47.6 Å². The minimum absolute atomic E-state index is 0.149. The van der Waals surface area contributed by atoms with Gasteiger partial charge in [-0.25, -0.2) is 0 Å². The zero-order valence-electron chi connectivity index (χ0n) is 32.9. The predicted molar refractivity (Wildman–Crippen MR) is 215 cm³/mol. The van der Waals surface area contributed by atoms with Gasteiger partial charge in [-0.2, -0.15) is 0 Å². The molecule has 0 saturated carbocycles. The molecule has 0 radical (unpaired) electrons. The maximum atomic E-state index is 12.2. The number of carbonyl (C=O) groups is 2. The summed E-state index contributed by atoms with van der Waals surface area (Å²) in [4.78, 5) is 24.3. The van der Waals surface area contributed by atoms with Gasteiger partial charge in [-0.1, -0.05) is 184 Å². The second-order valence-electron chi connectivity index (χ2n) is 14.0. The van der Waals surface area contributed by atoms with E-state index in [4.69, 9.17) is 9.47 Å². The van der Waals surface area contributed by atoms with Crippen LogP contribution in [0.15, 0.2) is 72.9 Å². The van der Waals surface area contributed by atoms with E-state index < -0.39 is 18.2 Å². The Labute approximate surface area is 313 Å². The molecule has 0 spiro atoms. The standard InChI is InChI=1S/C45H76O6/c1-4-5-6-7-8-9-10-13-17-20-23-26-30-35-42(47)36-31-28-33-37-44(48)50-40-43(39-46)51-45(49)38-32-27-24-21-18-15-12-11-14-16-19-22-25-29-34-41(2)3/h5-6,8-9,13,17,23,26,28,30-31,35,41-43,46-47H,4,7,10-12,14-16,18-22,24-25,27,29,32-34,36-40H2,1-3H3/b6-5-,9-8-,17-13-,26-23-,31-28-,35-30-/t42?,43-/m0/s1. The molecule has 0 aliphatic heterocycles. The first-order valence-electron chi connectivity index (χ1n) is 20.5. The summed E-state index contributed by atoms with van der Waals surface area (Å²) in [6.45, 7) is 6.22. The van der Waals surface area contributed by atoms with Gasteiger partial charge in [0.25, 0.3) is 0 Å². The Hall–Kier alpha value is -2.70. The molecule has 2 atom stereocenters. The van der Waals surface area contributed by atoms with E-state index in [1.165, 1.54) is 77.0 Å². The summed E-state index contributed by atoms with van der Waals surface area (Å²) in [6, 6.07) is 0. The van der Waals surface area contributed by atoms with E-state index >= 15 is 0 Å². The molecule has 1 unspecified atom stereocenters. The molecule has 0 heterocycles. The van der Waals surface area contributed by atoms with Gasteiger partial charge in [-0.3, -0.25) is 9.59 Å². The fourth-order valence-electron chi connectivity index (χ4n) is 5.44. The van der Waals surface area contributed by atoms with E-state index in [1.54, 1.807) is 6.08 Å². The van der Waals surface area contributed by atoms with Gasteiger partial charge >= 0.3 is 11.9 Å². The van der Waals surface area contributed by atoms with Crippen LogP contribution in [0.2, 0.25) is 0 Å². The first kappa shape index (κ1) is 48.3. The summed E-state index contributed by atoms with van der Waals surface area (Å²) in [5, 5.41) is 19.7. The molecule has 0 amide bonds. The van der Waals surface area contributed by atoms with Crippen LogP contribution in [0.25, 0.3) is 0 Å². The number of hydrogen-bond acceptors (Lipinski definition) is 6. The maximum absolute atomic E-state index is 12.2. The zero-order valence-corrected chi connectivity index (χ0v) is 32.9. The first-order valence-corrected chi connectivity index (χ1v) is 20.5. The second kappa shape index (κ2) is 38.5. The lowest BCUT2D eigenvalue weighted by molar-refractivity contribution is -0.161. The van der Waals surface area contributed by atoms with Gasteiger partial charge in [0.15, 0.2) is 6.10 Å². The van der Waals surface area contributed by atoms with Crippen molar-refractivity contribution in [2.24, 2.45) is 5.92 Å². The molecular formula is C45H76O6. The molecule has 0 fully saturated rings. The largest absolute Gasteiger partial charge is 0.462 e. The van der Waals surface area contributed by atoms with Crippen LogP contribution in [0.5, 0.6) is 0 Å². The highest BCUT2D eigenvalue weighted by Gasteiger charge is 2.16. The van der Waals surface area contributed by atoms with Gasteiger partial charge in [0.2, 0.25) is 0 Å². The third-order valence-electron chi connectivity index (χ3n) is 8.54. The molecule has 6 heteroatoms. The molecule has 0 saturated heterocycles. The van der Waals surface area contributed by atoms with E-state index in [2.05, 4.69) is 57.2 Å². The SMILES string of the molecule is CC/C=C\C/C=C\C/C=C\C/C=C\C=C/C(O)C/C=C\CCC(=O)OC[C@H](CO)OC(=O)CCCCCCCCCCCCCCCCC(C)C. The smallest absolute Gasteiger partial charge is 0.306 e. The monoisotopic (exact) mass is 713 g/mol. The van der Waals surface area contributed by atoms with Crippen LogP contribution in [0.4, 0.5) is 0 Å². The maximum Gasteiger partial charge on any atom is 0.306 e. The number of hydrogen-bond donors (Lipinski definition) is 2. The molecular weight excluding hydrogens is 636 g/mol. The van der Waals surface area contributed by atoms with E-state index in [9.17, 15) is 19.8 Å². The summed E-state index contributed by atoms with van der Waals surface area (Å²) in [5.74, 6) is 0.0658. The molecule has 0 aromatic rings. The van der Waals surface area contributed by atoms with Gasteiger partial charge in [0.1, 0.15) is 6.61 Å². The number of aliphatic hydroxyl groups excluding tert-OH is 2. The molecule has 6 nitrogen and oxygen atoms in total. The molecule has 292 valence electrons. The lowest BCUT2D eigenvalue weighted by Crippen LogP contribution is -2.28. The van der Waals surface area contributed by atoms with E-state index in [1.807, 2.05) is 30.4 Å². The number of rotatable bonds is 35. The lowest BCUT2D eigenvalue weighted by Gasteiger charge is -2.15. The Bertz CT molecular complexity index is 973. The summed E-state index contributed by atoms with van der Waals surface area (Å²) < 4.78 is 10.5. The highest BCUT2D eigenvalue weighted by molar-refractivity contribution is 5.70. The van der Waals surface area contributed by atoms with E-state index in [0.717, 1.165) is 50.9 Å². The minimum Gasteiger partial charge on any atom is -0.462 e. The van der Waals surface area contributed by atoms with E-state index in [-0.39, 0.29) is 25.6 Å². The van der Waals surface area contributed by atoms with Crippen molar-refractivity contribution in [1.29, 1.82) is 0 Å². The second-order valence-corrected chi connectivity index (χ2v) is 14.0. The minimum atomic E-state index is -0.839. The average Bonchev–Trinajstić information content (AvgIpc) is 3.11. The molecule has 0 aliphatic rings. The first-order chi connectivity index (χ1) is 24.9. The molecule has 2 N–H and O–H groups in total. The van der Waals surface area contributed by atoms with Crippen LogP contribution in [-0.2, 0) is 19.1 Å². The normalized spacial score (nSPS) is 13.7. The van der Waals surface area contributed by atoms with Gasteiger partial charge in [-0.05, 0) is 50.9 Å². The number of carbonyl (C=O) groups excluding carboxylic acids is 2. The molecule has 0 bridgehead atoms. The molecule has 51 heavy (non-hydrogen) atoms. The molecule has 0 aliphatic carbocycles. The van der Waals surface area contributed by atoms with Gasteiger partial charge < -0.3 is 19.7 Å². The quantitative estimate of drug-likeness (QED) is 0.0294. The van der Waals surface area contributed by atoms with Crippen LogP contribution < -0.4 is 0 Å². The van der Waals surface area contributed by atoms with Crippen molar-refractivity contribution >= 4 is 11.9 Å². The molecule has 0 rings (SSSR count). The average molecular weight is 713 g/mol. The van der Waals surface area contributed by atoms with Crippen molar-refractivity contribution in [2.75, 3.05) is 13.2 Å². The number of ether oxygens (including phenoxy) is 2. The van der Waals surface area contributed by atoms with Crippen LogP contribution in [0.1, 0.15) is 168 Å². The van der Waals surface area contributed by atoms with Crippen molar-refractivity contribution in [2.45, 2.75) is 181 Å². The summed E-state index contributed by atoms with van der Waals surface area (Å²) in [6.07, 6.45) is 47.1. The summed E-state index contributed by atoms with van der Waals surface area (Å²) in [5.41, 5.74) is 0. The van der Waals surface area contributed by atoms with Gasteiger partial charge in [0.05, 0.1) is 12.7 Å². The van der Waals surface area contributed by atoms with Crippen LogP contribution in [0.3, 0.4) is 0 Å². The van der Waals surface area contributed by atoms with Gasteiger partial charge in [-0.15, -0.1) is 0 Å². The summed E-state index contributed by atoms with van der Waals surface area (Å²) >= 11 is 0. The molecule has 0 aromatic carbocycles. The Balaban J connectivity index is 3.77.